The van der Waals surface area contributed by atoms with E-state index in [1.807, 2.05) is 12.1 Å². The molecule has 3 nitrogen and oxygen atoms in total. The van der Waals surface area contributed by atoms with Gasteiger partial charge >= 0.3 is 0 Å². The van der Waals surface area contributed by atoms with Gasteiger partial charge in [-0.15, -0.1) is 11.3 Å². The summed E-state index contributed by atoms with van der Waals surface area (Å²) in [6.45, 7) is 0.736. The molecule has 1 aromatic rings. The minimum atomic E-state index is -0.495. The number of anilines is 1. The van der Waals surface area contributed by atoms with Crippen LogP contribution in [0.4, 0.5) is 5.00 Å². The fourth-order valence-corrected chi connectivity index (χ4v) is 1.66. The van der Waals surface area contributed by atoms with Crippen molar-refractivity contribution in [2.45, 2.75) is 6.10 Å². The molecule has 1 aromatic heterocycles. The lowest BCUT2D eigenvalue weighted by Gasteiger charge is -2.07. The molecule has 68 valence electrons. The average Bonchev–Trinajstić information content (AvgIpc) is 2.47. The molecule has 1 atom stereocenters. The van der Waals surface area contributed by atoms with Crippen molar-refractivity contribution >= 4 is 27.9 Å². The molecule has 0 aromatic carbocycles. The Kier molecular flexibility index (Phi) is 3.81. The van der Waals surface area contributed by atoms with Crippen molar-refractivity contribution in [1.29, 1.82) is 0 Å². The summed E-state index contributed by atoms with van der Waals surface area (Å²) in [7, 11) is 0. The Morgan fingerprint density at radius 2 is 2.42 bits per heavy atom. The lowest BCUT2D eigenvalue weighted by atomic mass is 10.3. The molecular weight excluding hydrogens is 196 g/mol. The SMILES string of the molecule is NCC(O)CNc1ccc(Cl)s1. The lowest BCUT2D eigenvalue weighted by molar-refractivity contribution is 0.196. The first-order valence-corrected chi connectivity index (χ1v) is 4.79. The Morgan fingerprint density at radius 3 is 2.92 bits per heavy atom. The van der Waals surface area contributed by atoms with E-state index in [1.54, 1.807) is 0 Å². The molecule has 12 heavy (non-hydrogen) atoms. The van der Waals surface area contributed by atoms with Crippen LogP contribution < -0.4 is 11.1 Å². The molecule has 0 aliphatic carbocycles. The van der Waals surface area contributed by atoms with E-state index in [-0.39, 0.29) is 6.54 Å². The highest BCUT2D eigenvalue weighted by atomic mass is 35.5. The van der Waals surface area contributed by atoms with Crippen LogP contribution in [0.2, 0.25) is 4.34 Å². The van der Waals surface area contributed by atoms with Crippen LogP contribution in [-0.2, 0) is 0 Å². The van der Waals surface area contributed by atoms with Gasteiger partial charge in [-0.25, -0.2) is 0 Å². The van der Waals surface area contributed by atoms with Crippen LogP contribution in [0.15, 0.2) is 12.1 Å². The Bertz CT molecular complexity index is 241. The summed E-state index contributed by atoms with van der Waals surface area (Å²) < 4.78 is 0.736. The maximum absolute atomic E-state index is 9.11. The van der Waals surface area contributed by atoms with Crippen LogP contribution in [0.3, 0.4) is 0 Å². The van der Waals surface area contributed by atoms with Crippen molar-refractivity contribution < 1.29 is 5.11 Å². The normalized spacial score (nSPS) is 12.9. The number of nitrogens with two attached hydrogens (primary N) is 1. The van der Waals surface area contributed by atoms with Gasteiger partial charge < -0.3 is 16.2 Å². The van der Waals surface area contributed by atoms with Crippen LogP contribution in [0.1, 0.15) is 0 Å². The minimum Gasteiger partial charge on any atom is -0.390 e. The second-order valence-electron chi connectivity index (χ2n) is 2.37. The monoisotopic (exact) mass is 206 g/mol. The predicted octanol–water partition coefficient (Wildman–Crippen LogP) is 1.13. The standard InChI is InChI=1S/C7H11ClN2OS/c8-6-1-2-7(12-6)10-4-5(11)3-9/h1-2,5,10-11H,3-4,9H2. The zero-order valence-electron chi connectivity index (χ0n) is 6.46. The zero-order chi connectivity index (χ0) is 8.97. The van der Waals surface area contributed by atoms with Gasteiger partial charge in [-0.3, -0.25) is 0 Å². The molecule has 0 fully saturated rings. The number of aliphatic hydroxyl groups is 1. The Morgan fingerprint density at radius 1 is 1.67 bits per heavy atom. The van der Waals surface area contributed by atoms with Gasteiger partial charge in [0.25, 0.3) is 0 Å². The molecule has 5 heteroatoms. The highest BCUT2D eigenvalue weighted by Gasteiger charge is 2.01. The van der Waals surface area contributed by atoms with Crippen molar-refractivity contribution in [1.82, 2.24) is 0 Å². The number of aliphatic hydroxyl groups excluding tert-OH is 1. The maximum atomic E-state index is 9.11. The largest absolute Gasteiger partial charge is 0.390 e. The van der Waals surface area contributed by atoms with E-state index in [1.165, 1.54) is 11.3 Å². The summed E-state index contributed by atoms with van der Waals surface area (Å²) in [4.78, 5) is 0. The van der Waals surface area contributed by atoms with Gasteiger partial charge in [0.15, 0.2) is 0 Å². The third-order valence-corrected chi connectivity index (χ3v) is 2.55. The van der Waals surface area contributed by atoms with Crippen LogP contribution in [-0.4, -0.2) is 24.3 Å². The van der Waals surface area contributed by atoms with E-state index in [4.69, 9.17) is 22.4 Å². The second kappa shape index (κ2) is 4.67. The molecule has 0 aliphatic heterocycles. The van der Waals surface area contributed by atoms with Gasteiger partial charge in [0.05, 0.1) is 15.4 Å². The van der Waals surface area contributed by atoms with Crippen molar-refractivity contribution in [2.75, 3.05) is 18.4 Å². The van der Waals surface area contributed by atoms with Crippen molar-refractivity contribution in [2.24, 2.45) is 5.73 Å². The fraction of sp³-hybridized carbons (Fsp3) is 0.429. The van der Waals surface area contributed by atoms with E-state index in [0.717, 1.165) is 9.34 Å². The number of thiophene rings is 1. The summed E-state index contributed by atoms with van der Waals surface area (Å²) >= 11 is 7.14. The Balaban J connectivity index is 2.33. The molecule has 1 heterocycles. The number of halogens is 1. The lowest BCUT2D eigenvalue weighted by Crippen LogP contribution is -2.27. The minimum absolute atomic E-state index is 0.270. The van der Waals surface area contributed by atoms with Crippen molar-refractivity contribution in [3.05, 3.63) is 16.5 Å². The van der Waals surface area contributed by atoms with Gasteiger partial charge in [0, 0.05) is 13.1 Å². The van der Waals surface area contributed by atoms with Crippen molar-refractivity contribution in [3.63, 3.8) is 0 Å². The zero-order valence-corrected chi connectivity index (χ0v) is 8.03. The summed E-state index contributed by atoms with van der Waals surface area (Å²) in [5, 5.41) is 13.1. The van der Waals surface area contributed by atoms with Crippen LogP contribution >= 0.6 is 22.9 Å². The molecule has 0 saturated heterocycles. The third-order valence-electron chi connectivity index (χ3n) is 1.36. The quantitative estimate of drug-likeness (QED) is 0.693. The molecule has 0 bridgehead atoms. The third kappa shape index (κ3) is 2.98. The summed E-state index contributed by atoms with van der Waals surface area (Å²) in [5.41, 5.74) is 5.23. The number of rotatable bonds is 4. The molecule has 1 unspecified atom stereocenters. The molecule has 4 N–H and O–H groups in total. The predicted molar refractivity (Wildman–Crippen MR) is 52.9 cm³/mol. The van der Waals surface area contributed by atoms with Gasteiger partial charge in [0.1, 0.15) is 0 Å². The summed E-state index contributed by atoms with van der Waals surface area (Å²) in [6.07, 6.45) is -0.495. The van der Waals surface area contributed by atoms with Crippen LogP contribution in [0.5, 0.6) is 0 Å². The van der Waals surface area contributed by atoms with Gasteiger partial charge in [0.2, 0.25) is 0 Å². The molecule has 0 radical (unpaired) electrons. The maximum Gasteiger partial charge on any atom is 0.0950 e. The second-order valence-corrected chi connectivity index (χ2v) is 4.09. The Hall–Kier alpha value is -0.290. The topological polar surface area (TPSA) is 58.3 Å². The first-order chi connectivity index (χ1) is 5.72. The van der Waals surface area contributed by atoms with Crippen LogP contribution in [0.25, 0.3) is 0 Å². The molecule has 0 spiro atoms. The first kappa shape index (κ1) is 9.80. The number of hydrogen-bond donors (Lipinski definition) is 3. The Labute approximate surface area is 80.2 Å². The van der Waals surface area contributed by atoms with E-state index >= 15 is 0 Å². The van der Waals surface area contributed by atoms with E-state index in [2.05, 4.69) is 5.32 Å². The fourth-order valence-electron chi connectivity index (χ4n) is 0.711. The number of nitrogens with one attached hydrogen (secondary N) is 1. The van der Waals surface area contributed by atoms with Gasteiger partial charge in [-0.1, -0.05) is 11.6 Å². The molecular formula is C7H11ClN2OS. The van der Waals surface area contributed by atoms with E-state index < -0.39 is 6.10 Å². The molecule has 0 saturated carbocycles. The molecule has 1 rings (SSSR count). The smallest absolute Gasteiger partial charge is 0.0950 e. The molecule has 0 aliphatic rings. The van der Waals surface area contributed by atoms with E-state index in [0.29, 0.717) is 6.54 Å². The van der Waals surface area contributed by atoms with E-state index in [9.17, 15) is 0 Å². The van der Waals surface area contributed by atoms with Crippen molar-refractivity contribution in [3.8, 4) is 0 Å². The number of hydrogen-bond acceptors (Lipinski definition) is 4. The average molecular weight is 207 g/mol. The molecule has 0 amide bonds. The first-order valence-electron chi connectivity index (χ1n) is 3.59. The highest BCUT2D eigenvalue weighted by Crippen LogP contribution is 2.25. The van der Waals surface area contributed by atoms with Gasteiger partial charge in [-0.05, 0) is 12.1 Å². The van der Waals surface area contributed by atoms with Gasteiger partial charge in [-0.2, -0.15) is 0 Å². The highest BCUT2D eigenvalue weighted by molar-refractivity contribution is 7.19. The summed E-state index contributed by atoms with van der Waals surface area (Å²) in [5.74, 6) is 0. The summed E-state index contributed by atoms with van der Waals surface area (Å²) in [6, 6.07) is 3.68. The van der Waals surface area contributed by atoms with Crippen LogP contribution in [0, 0.1) is 0 Å².